The number of benzene rings is 1. The van der Waals surface area contributed by atoms with E-state index in [1.54, 1.807) is 6.92 Å². The molecule has 0 radical (unpaired) electrons. The molecule has 0 spiro atoms. The van der Waals surface area contributed by atoms with E-state index in [1.165, 1.54) is 11.3 Å². The number of anilines is 1. The molecule has 0 saturated carbocycles. The Kier molecular flexibility index (Phi) is 4.25. The van der Waals surface area contributed by atoms with Gasteiger partial charge in [0.15, 0.2) is 0 Å². The van der Waals surface area contributed by atoms with Crippen LogP contribution < -0.4 is 5.32 Å². The van der Waals surface area contributed by atoms with Gasteiger partial charge in [0.2, 0.25) is 11.8 Å². The molecule has 2 aromatic heterocycles. The Morgan fingerprint density at radius 1 is 1.22 bits per heavy atom. The predicted molar refractivity (Wildman–Crippen MR) is 90.6 cm³/mol. The van der Waals surface area contributed by atoms with Crippen LogP contribution in [0.3, 0.4) is 0 Å². The number of carbonyl (C=O) groups excluding carboxylic acids is 1. The van der Waals surface area contributed by atoms with Crippen molar-refractivity contribution in [2.45, 2.75) is 26.7 Å². The second-order valence-electron chi connectivity index (χ2n) is 5.33. The average Bonchev–Trinajstić information content (AvgIpc) is 3.14. The summed E-state index contributed by atoms with van der Waals surface area (Å²) < 4.78 is 5.44. The number of nitrogens with one attached hydrogen (secondary N) is 1. The second kappa shape index (κ2) is 6.34. The summed E-state index contributed by atoms with van der Waals surface area (Å²) in [6, 6.07) is 11.6. The zero-order valence-electron chi connectivity index (χ0n) is 13.2. The number of hydrogen-bond acceptors (Lipinski definition) is 5. The molecule has 1 amide bonds. The van der Waals surface area contributed by atoms with Crippen LogP contribution in [0, 0.1) is 13.8 Å². The largest absolute Gasteiger partial charge is 0.420 e. The van der Waals surface area contributed by atoms with Crippen molar-refractivity contribution in [3.05, 3.63) is 52.7 Å². The zero-order valence-corrected chi connectivity index (χ0v) is 14.0. The number of nitrogens with zero attached hydrogens (tertiary/aromatic N) is 2. The van der Waals surface area contributed by atoms with Crippen LogP contribution in [0.2, 0.25) is 0 Å². The minimum atomic E-state index is -0.218. The molecule has 2 heterocycles. The fourth-order valence-corrected chi connectivity index (χ4v) is 3.14. The quantitative estimate of drug-likeness (QED) is 0.781. The van der Waals surface area contributed by atoms with E-state index in [9.17, 15) is 4.79 Å². The highest BCUT2D eigenvalue weighted by molar-refractivity contribution is 7.15. The number of aromatic nitrogens is 2. The first-order chi connectivity index (χ1) is 11.0. The van der Waals surface area contributed by atoms with Crippen LogP contribution in [-0.2, 0) is 4.79 Å². The molecule has 1 aromatic carbocycles. The second-order valence-corrected chi connectivity index (χ2v) is 6.58. The van der Waals surface area contributed by atoms with E-state index in [0.29, 0.717) is 11.8 Å². The fourth-order valence-electron chi connectivity index (χ4n) is 2.24. The summed E-state index contributed by atoms with van der Waals surface area (Å²) >= 11 is 1.52. The van der Waals surface area contributed by atoms with Gasteiger partial charge < -0.3 is 9.73 Å². The molecular formula is C17H17N3O2S. The SMILES string of the molecule is Cc1nnc(-c2cc(NC(=O)[C@@H](C)c3ccccc3)c(C)s2)o1. The van der Waals surface area contributed by atoms with E-state index >= 15 is 0 Å². The van der Waals surface area contributed by atoms with Crippen LogP contribution in [0.25, 0.3) is 10.8 Å². The molecule has 5 nitrogen and oxygen atoms in total. The highest BCUT2D eigenvalue weighted by atomic mass is 32.1. The molecule has 0 bridgehead atoms. The normalized spacial score (nSPS) is 12.1. The smallest absolute Gasteiger partial charge is 0.257 e. The van der Waals surface area contributed by atoms with Crippen LogP contribution in [0.15, 0.2) is 40.8 Å². The van der Waals surface area contributed by atoms with Crippen molar-refractivity contribution in [3.63, 3.8) is 0 Å². The fraction of sp³-hybridized carbons (Fsp3) is 0.235. The highest BCUT2D eigenvalue weighted by Gasteiger charge is 2.18. The summed E-state index contributed by atoms with van der Waals surface area (Å²) in [4.78, 5) is 14.3. The Hall–Kier alpha value is -2.47. The first kappa shape index (κ1) is 15.4. The van der Waals surface area contributed by atoms with Gasteiger partial charge in [-0.25, -0.2) is 0 Å². The molecule has 3 rings (SSSR count). The summed E-state index contributed by atoms with van der Waals surface area (Å²) in [5.41, 5.74) is 1.78. The summed E-state index contributed by atoms with van der Waals surface area (Å²) in [5.74, 6) is 0.747. The minimum Gasteiger partial charge on any atom is -0.420 e. The summed E-state index contributed by atoms with van der Waals surface area (Å²) in [7, 11) is 0. The third-order valence-electron chi connectivity index (χ3n) is 3.61. The van der Waals surface area contributed by atoms with Gasteiger partial charge >= 0.3 is 0 Å². The van der Waals surface area contributed by atoms with Crippen molar-refractivity contribution in [1.82, 2.24) is 10.2 Å². The Bertz CT molecular complexity index is 823. The van der Waals surface area contributed by atoms with E-state index in [-0.39, 0.29) is 11.8 Å². The molecule has 118 valence electrons. The Morgan fingerprint density at radius 3 is 2.61 bits per heavy atom. The van der Waals surface area contributed by atoms with Gasteiger partial charge in [-0.2, -0.15) is 0 Å². The van der Waals surface area contributed by atoms with Crippen molar-refractivity contribution in [1.29, 1.82) is 0 Å². The van der Waals surface area contributed by atoms with Crippen LogP contribution in [-0.4, -0.2) is 16.1 Å². The lowest BCUT2D eigenvalue weighted by Gasteiger charge is -2.12. The van der Waals surface area contributed by atoms with Gasteiger partial charge in [-0.15, -0.1) is 21.5 Å². The third kappa shape index (κ3) is 3.32. The summed E-state index contributed by atoms with van der Waals surface area (Å²) in [5, 5.41) is 10.8. The first-order valence-corrected chi connectivity index (χ1v) is 8.13. The van der Waals surface area contributed by atoms with Gasteiger partial charge in [0.25, 0.3) is 5.89 Å². The number of aryl methyl sites for hydroxylation is 2. The lowest BCUT2D eigenvalue weighted by atomic mass is 10.0. The Labute approximate surface area is 138 Å². The molecule has 0 aliphatic carbocycles. The van der Waals surface area contributed by atoms with Gasteiger partial charge in [0.05, 0.1) is 16.5 Å². The van der Waals surface area contributed by atoms with Crippen molar-refractivity contribution >= 4 is 22.9 Å². The van der Waals surface area contributed by atoms with Crippen LogP contribution >= 0.6 is 11.3 Å². The van der Waals surface area contributed by atoms with Crippen molar-refractivity contribution in [2.24, 2.45) is 0 Å². The van der Waals surface area contributed by atoms with Crippen LogP contribution in [0.1, 0.15) is 29.2 Å². The summed E-state index contributed by atoms with van der Waals surface area (Å²) in [6.45, 7) is 5.61. The van der Waals surface area contributed by atoms with Crippen molar-refractivity contribution in [3.8, 4) is 10.8 Å². The molecular weight excluding hydrogens is 310 g/mol. The minimum absolute atomic E-state index is 0.0367. The predicted octanol–water partition coefficient (Wildman–Crippen LogP) is 4.16. The molecule has 3 aromatic rings. The lowest BCUT2D eigenvalue weighted by Crippen LogP contribution is -2.18. The molecule has 0 unspecified atom stereocenters. The number of thiophene rings is 1. The molecule has 1 atom stereocenters. The van der Waals surface area contributed by atoms with E-state index in [2.05, 4.69) is 15.5 Å². The Balaban J connectivity index is 1.78. The van der Waals surface area contributed by atoms with Gasteiger partial charge in [-0.1, -0.05) is 30.3 Å². The maximum atomic E-state index is 12.5. The van der Waals surface area contributed by atoms with Crippen molar-refractivity contribution in [2.75, 3.05) is 5.32 Å². The topological polar surface area (TPSA) is 68.0 Å². The van der Waals surface area contributed by atoms with Gasteiger partial charge in [-0.3, -0.25) is 4.79 Å². The molecule has 0 saturated heterocycles. The van der Waals surface area contributed by atoms with E-state index in [4.69, 9.17) is 4.42 Å². The number of carbonyl (C=O) groups is 1. The number of rotatable bonds is 4. The molecule has 23 heavy (non-hydrogen) atoms. The standard InChI is InChI=1S/C17H17N3O2S/c1-10(13-7-5-4-6-8-13)16(21)18-14-9-15(23-11(14)2)17-20-19-12(3)22-17/h4-10H,1-3H3,(H,18,21)/t10-/m0/s1. The maximum absolute atomic E-state index is 12.5. The van der Waals surface area contributed by atoms with E-state index in [1.807, 2.05) is 50.2 Å². The van der Waals surface area contributed by atoms with Crippen LogP contribution in [0.5, 0.6) is 0 Å². The van der Waals surface area contributed by atoms with Gasteiger partial charge in [0, 0.05) is 11.8 Å². The zero-order chi connectivity index (χ0) is 16.4. The lowest BCUT2D eigenvalue weighted by molar-refractivity contribution is -0.117. The molecule has 0 aliphatic heterocycles. The maximum Gasteiger partial charge on any atom is 0.257 e. The molecule has 6 heteroatoms. The average molecular weight is 327 g/mol. The summed E-state index contributed by atoms with van der Waals surface area (Å²) in [6.07, 6.45) is 0. The molecule has 0 aliphatic rings. The number of amides is 1. The van der Waals surface area contributed by atoms with E-state index < -0.39 is 0 Å². The monoisotopic (exact) mass is 327 g/mol. The highest BCUT2D eigenvalue weighted by Crippen LogP contribution is 2.34. The van der Waals surface area contributed by atoms with Crippen molar-refractivity contribution < 1.29 is 9.21 Å². The Morgan fingerprint density at radius 2 is 1.96 bits per heavy atom. The molecule has 0 fully saturated rings. The van der Waals surface area contributed by atoms with Crippen LogP contribution in [0.4, 0.5) is 5.69 Å². The number of hydrogen-bond donors (Lipinski definition) is 1. The van der Waals surface area contributed by atoms with Gasteiger partial charge in [-0.05, 0) is 25.5 Å². The third-order valence-corrected chi connectivity index (χ3v) is 4.64. The van der Waals surface area contributed by atoms with E-state index in [0.717, 1.165) is 21.0 Å². The first-order valence-electron chi connectivity index (χ1n) is 7.31. The van der Waals surface area contributed by atoms with Gasteiger partial charge in [0.1, 0.15) is 0 Å². The molecule has 1 N–H and O–H groups in total.